The highest BCUT2D eigenvalue weighted by Crippen LogP contribution is 2.28. The molecule has 1 N–H and O–H groups in total. The topological polar surface area (TPSA) is 45.5 Å². The molecule has 1 aromatic heterocycles. The van der Waals surface area contributed by atoms with Gasteiger partial charge in [-0.1, -0.05) is 32.0 Å². The minimum absolute atomic E-state index is 0.371. The molecule has 1 aromatic carbocycles. The maximum Gasteiger partial charge on any atom is 0.193 e. The van der Waals surface area contributed by atoms with E-state index < -0.39 is 0 Å². The number of rotatable bonds is 3. The summed E-state index contributed by atoms with van der Waals surface area (Å²) in [5.74, 6) is 0.975. The van der Waals surface area contributed by atoms with Gasteiger partial charge in [-0.15, -0.1) is 0 Å². The lowest BCUT2D eigenvalue weighted by Crippen LogP contribution is -2.40. The molecule has 0 amide bonds. The largest absolute Gasteiger partial charge is 0.352 e. The summed E-state index contributed by atoms with van der Waals surface area (Å²) in [5, 5.41) is 7.89. The Bertz CT molecular complexity index is 672. The van der Waals surface area contributed by atoms with Crippen LogP contribution in [0.15, 0.2) is 47.7 Å². The fourth-order valence-electron chi connectivity index (χ4n) is 2.98. The van der Waals surface area contributed by atoms with Gasteiger partial charge in [-0.25, -0.2) is 4.68 Å². The van der Waals surface area contributed by atoms with Gasteiger partial charge in [0.1, 0.15) is 0 Å². The van der Waals surface area contributed by atoms with Gasteiger partial charge in [-0.2, -0.15) is 5.10 Å². The van der Waals surface area contributed by atoms with Gasteiger partial charge in [0.2, 0.25) is 0 Å². The zero-order valence-electron chi connectivity index (χ0n) is 14.2. The van der Waals surface area contributed by atoms with Crippen molar-refractivity contribution < 1.29 is 0 Å². The number of likely N-dealkylation sites (tertiary alicyclic amines) is 1. The van der Waals surface area contributed by atoms with Crippen molar-refractivity contribution in [2.45, 2.75) is 26.8 Å². The highest BCUT2D eigenvalue weighted by molar-refractivity contribution is 5.80. The molecule has 23 heavy (non-hydrogen) atoms. The summed E-state index contributed by atoms with van der Waals surface area (Å²) in [6.45, 7) is 7.47. The molecule has 5 nitrogen and oxygen atoms in total. The summed E-state index contributed by atoms with van der Waals surface area (Å²) in [4.78, 5) is 6.75. The molecule has 1 saturated heterocycles. The standard InChI is InChI=1S/C18H25N5/c1-18(2)9-10-22(14-18)17(19-3)20-11-15-12-21-23(13-15)16-7-5-4-6-8-16/h4-8,12-13H,9-11,14H2,1-3H3,(H,19,20). The van der Waals surface area contributed by atoms with Crippen LogP contribution in [-0.4, -0.2) is 40.8 Å². The molecule has 0 unspecified atom stereocenters. The van der Waals surface area contributed by atoms with Crippen molar-refractivity contribution >= 4 is 5.96 Å². The van der Waals surface area contributed by atoms with Crippen LogP contribution >= 0.6 is 0 Å². The summed E-state index contributed by atoms with van der Waals surface area (Å²) in [6.07, 6.45) is 5.17. The summed E-state index contributed by atoms with van der Waals surface area (Å²) in [7, 11) is 1.85. The number of nitrogens with one attached hydrogen (secondary N) is 1. The Morgan fingerprint density at radius 3 is 2.74 bits per heavy atom. The number of nitrogens with zero attached hydrogens (tertiary/aromatic N) is 4. The van der Waals surface area contributed by atoms with Gasteiger partial charge in [-0.05, 0) is 24.0 Å². The van der Waals surface area contributed by atoms with E-state index in [2.05, 4.69) is 52.5 Å². The summed E-state index contributed by atoms with van der Waals surface area (Å²) in [6, 6.07) is 10.2. The molecule has 1 aliphatic heterocycles. The van der Waals surface area contributed by atoms with Crippen LogP contribution in [0.5, 0.6) is 0 Å². The molecule has 1 aliphatic rings. The third-order valence-corrected chi connectivity index (χ3v) is 4.30. The Morgan fingerprint density at radius 1 is 1.30 bits per heavy atom. The molecule has 2 aromatic rings. The van der Waals surface area contributed by atoms with E-state index >= 15 is 0 Å². The molecule has 0 bridgehead atoms. The number of guanidine groups is 1. The SMILES string of the molecule is CN=C(NCc1cnn(-c2ccccc2)c1)N1CCC(C)(C)C1. The molecule has 0 saturated carbocycles. The third kappa shape index (κ3) is 3.73. The molecule has 0 atom stereocenters. The van der Waals surface area contributed by atoms with Gasteiger partial charge < -0.3 is 10.2 Å². The second-order valence-electron chi connectivity index (χ2n) is 6.87. The Labute approximate surface area is 138 Å². The fraction of sp³-hybridized carbons (Fsp3) is 0.444. The van der Waals surface area contributed by atoms with E-state index in [9.17, 15) is 0 Å². The maximum absolute atomic E-state index is 4.43. The number of aliphatic imine (C=N–C) groups is 1. The quantitative estimate of drug-likeness (QED) is 0.700. The van der Waals surface area contributed by atoms with Crippen molar-refractivity contribution in [2.24, 2.45) is 10.4 Å². The van der Waals surface area contributed by atoms with Crippen molar-refractivity contribution in [1.29, 1.82) is 0 Å². The number of hydrogen-bond acceptors (Lipinski definition) is 2. The van der Waals surface area contributed by atoms with E-state index in [1.165, 1.54) is 6.42 Å². The van der Waals surface area contributed by atoms with Crippen molar-refractivity contribution in [3.05, 3.63) is 48.3 Å². The van der Waals surface area contributed by atoms with Crippen LogP contribution in [0.1, 0.15) is 25.8 Å². The molecule has 1 fully saturated rings. The summed E-state index contributed by atoms with van der Waals surface area (Å²) < 4.78 is 1.90. The fourth-order valence-corrected chi connectivity index (χ4v) is 2.98. The zero-order chi connectivity index (χ0) is 16.3. The second-order valence-corrected chi connectivity index (χ2v) is 6.87. The van der Waals surface area contributed by atoms with Crippen molar-refractivity contribution in [3.8, 4) is 5.69 Å². The number of para-hydroxylation sites is 1. The lowest BCUT2D eigenvalue weighted by atomic mass is 9.93. The van der Waals surface area contributed by atoms with E-state index in [4.69, 9.17) is 0 Å². The molecule has 0 radical (unpaired) electrons. The van der Waals surface area contributed by atoms with Crippen LogP contribution in [-0.2, 0) is 6.54 Å². The molecule has 2 heterocycles. The molecule has 3 rings (SSSR count). The van der Waals surface area contributed by atoms with E-state index in [0.717, 1.165) is 36.8 Å². The molecule has 122 valence electrons. The zero-order valence-corrected chi connectivity index (χ0v) is 14.2. The van der Waals surface area contributed by atoms with Crippen LogP contribution in [0.3, 0.4) is 0 Å². The average Bonchev–Trinajstić information content (AvgIpc) is 3.16. The molecule has 0 spiro atoms. The number of benzene rings is 1. The van der Waals surface area contributed by atoms with Crippen molar-refractivity contribution in [3.63, 3.8) is 0 Å². The minimum atomic E-state index is 0.371. The Hall–Kier alpha value is -2.30. The van der Waals surface area contributed by atoms with Gasteiger partial charge in [0, 0.05) is 38.4 Å². The molecule has 0 aliphatic carbocycles. The van der Waals surface area contributed by atoms with Gasteiger partial charge >= 0.3 is 0 Å². The van der Waals surface area contributed by atoms with Gasteiger partial charge in [-0.3, -0.25) is 4.99 Å². The first-order valence-electron chi connectivity index (χ1n) is 8.12. The number of aromatic nitrogens is 2. The van der Waals surface area contributed by atoms with E-state index in [1.807, 2.05) is 36.1 Å². The van der Waals surface area contributed by atoms with Gasteiger partial charge in [0.25, 0.3) is 0 Å². The lowest BCUT2D eigenvalue weighted by molar-refractivity contribution is 0.370. The lowest BCUT2D eigenvalue weighted by Gasteiger charge is -2.23. The highest BCUT2D eigenvalue weighted by atomic mass is 15.3. The first-order chi connectivity index (χ1) is 11.1. The Morgan fingerprint density at radius 2 is 2.09 bits per heavy atom. The first kappa shape index (κ1) is 15.6. The normalized spacial score (nSPS) is 17.5. The van der Waals surface area contributed by atoms with E-state index in [0.29, 0.717) is 5.41 Å². The predicted octanol–water partition coefficient (Wildman–Crippen LogP) is 2.68. The van der Waals surface area contributed by atoms with Crippen molar-refractivity contribution in [2.75, 3.05) is 20.1 Å². The van der Waals surface area contributed by atoms with Gasteiger partial charge in [0.15, 0.2) is 5.96 Å². The first-order valence-corrected chi connectivity index (χ1v) is 8.12. The maximum atomic E-state index is 4.43. The van der Waals surface area contributed by atoms with Crippen LogP contribution < -0.4 is 5.32 Å². The minimum Gasteiger partial charge on any atom is -0.352 e. The molecular weight excluding hydrogens is 286 g/mol. The molecular formula is C18H25N5. The Balaban J connectivity index is 1.61. The second kappa shape index (κ2) is 6.44. The predicted molar refractivity (Wildman–Crippen MR) is 93.7 cm³/mol. The van der Waals surface area contributed by atoms with E-state index in [-0.39, 0.29) is 0 Å². The average molecular weight is 311 g/mol. The molecule has 5 heteroatoms. The van der Waals surface area contributed by atoms with Crippen molar-refractivity contribution in [1.82, 2.24) is 20.0 Å². The van der Waals surface area contributed by atoms with Crippen LogP contribution in [0.25, 0.3) is 5.69 Å². The van der Waals surface area contributed by atoms with E-state index in [1.54, 1.807) is 0 Å². The highest BCUT2D eigenvalue weighted by Gasteiger charge is 2.30. The third-order valence-electron chi connectivity index (χ3n) is 4.30. The number of hydrogen-bond donors (Lipinski definition) is 1. The Kier molecular flexibility index (Phi) is 4.37. The summed E-state index contributed by atoms with van der Waals surface area (Å²) >= 11 is 0. The summed E-state index contributed by atoms with van der Waals surface area (Å²) in [5.41, 5.74) is 2.59. The van der Waals surface area contributed by atoms with Crippen LogP contribution in [0, 0.1) is 5.41 Å². The van der Waals surface area contributed by atoms with Crippen LogP contribution in [0.4, 0.5) is 0 Å². The van der Waals surface area contributed by atoms with Gasteiger partial charge in [0.05, 0.1) is 11.9 Å². The van der Waals surface area contributed by atoms with Crippen LogP contribution in [0.2, 0.25) is 0 Å². The smallest absolute Gasteiger partial charge is 0.193 e. The monoisotopic (exact) mass is 311 g/mol.